The number of carbonyl (C=O) groups excluding carboxylic acids is 2. The van der Waals surface area contributed by atoms with Gasteiger partial charge in [0.15, 0.2) is 0 Å². The molecule has 5 nitrogen and oxygen atoms in total. The summed E-state index contributed by atoms with van der Waals surface area (Å²) in [5.41, 5.74) is 0.794. The second-order valence-electron chi connectivity index (χ2n) is 6.47. The highest BCUT2D eigenvalue weighted by Crippen LogP contribution is 2.26. The number of benzene rings is 1. The maximum absolute atomic E-state index is 12.5. The minimum Gasteiger partial charge on any atom is -0.352 e. The lowest BCUT2D eigenvalue weighted by atomic mass is 9.94. The summed E-state index contributed by atoms with van der Waals surface area (Å²) in [6, 6.07) is 7.29. The molecule has 3 rings (SSSR count). The van der Waals surface area contributed by atoms with Crippen LogP contribution in [0.5, 0.6) is 0 Å². The van der Waals surface area contributed by atoms with Crippen molar-refractivity contribution in [3.63, 3.8) is 0 Å². The monoisotopic (exact) mass is 371 g/mol. The lowest BCUT2D eigenvalue weighted by Crippen LogP contribution is -2.51. The molecule has 0 bridgehead atoms. The van der Waals surface area contributed by atoms with E-state index < -0.39 is 0 Å². The summed E-state index contributed by atoms with van der Waals surface area (Å²) in [6.07, 6.45) is 1.33. The minimum absolute atomic E-state index is 0. The Hall–Kier alpha value is -1.30. The number of carbonyl (C=O) groups is 2. The maximum atomic E-state index is 12.5. The summed E-state index contributed by atoms with van der Waals surface area (Å²) in [7, 11) is 0. The lowest BCUT2D eigenvalue weighted by molar-refractivity contribution is -0.127. The Labute approximate surface area is 153 Å². The van der Waals surface area contributed by atoms with Crippen LogP contribution in [0.25, 0.3) is 0 Å². The van der Waals surface area contributed by atoms with Gasteiger partial charge >= 0.3 is 0 Å². The van der Waals surface area contributed by atoms with Gasteiger partial charge in [-0.2, -0.15) is 0 Å². The number of halogens is 2. The van der Waals surface area contributed by atoms with Gasteiger partial charge in [0.25, 0.3) is 0 Å². The zero-order valence-corrected chi connectivity index (χ0v) is 15.2. The van der Waals surface area contributed by atoms with Crippen molar-refractivity contribution in [1.82, 2.24) is 10.6 Å². The van der Waals surface area contributed by atoms with Crippen molar-refractivity contribution in [3.05, 3.63) is 29.3 Å². The van der Waals surface area contributed by atoms with Gasteiger partial charge in [-0.25, -0.2) is 0 Å². The largest absolute Gasteiger partial charge is 0.352 e. The van der Waals surface area contributed by atoms with Crippen molar-refractivity contribution >= 4 is 41.5 Å². The topological polar surface area (TPSA) is 61.4 Å². The van der Waals surface area contributed by atoms with E-state index in [1.807, 2.05) is 12.1 Å². The Morgan fingerprint density at radius 2 is 2.04 bits per heavy atom. The van der Waals surface area contributed by atoms with Gasteiger partial charge in [0.2, 0.25) is 11.8 Å². The molecule has 2 fully saturated rings. The number of nitrogens with one attached hydrogen (secondary N) is 2. The molecule has 132 valence electrons. The normalized spacial score (nSPS) is 26.8. The Morgan fingerprint density at radius 3 is 2.71 bits per heavy atom. The van der Waals surface area contributed by atoms with Crippen molar-refractivity contribution in [1.29, 1.82) is 0 Å². The van der Waals surface area contributed by atoms with Gasteiger partial charge in [0.05, 0.1) is 5.92 Å². The van der Waals surface area contributed by atoms with Crippen LogP contribution in [0, 0.1) is 11.8 Å². The van der Waals surface area contributed by atoms with E-state index in [1.54, 1.807) is 17.0 Å². The molecule has 0 aliphatic carbocycles. The number of amides is 2. The van der Waals surface area contributed by atoms with Crippen LogP contribution in [-0.2, 0) is 9.59 Å². The minimum atomic E-state index is -0.285. The fraction of sp³-hybridized carbons (Fsp3) is 0.529. The SMILES string of the molecule is CC1CCNCC1NC(=O)C1CC(=O)N(c2ccc(Cl)cc2)C1.Cl. The van der Waals surface area contributed by atoms with E-state index >= 15 is 0 Å². The van der Waals surface area contributed by atoms with Crippen molar-refractivity contribution in [2.75, 3.05) is 24.5 Å². The van der Waals surface area contributed by atoms with Crippen molar-refractivity contribution in [2.24, 2.45) is 11.8 Å². The average Bonchev–Trinajstić information content (AvgIpc) is 2.92. The standard InChI is InChI=1S/C17H22ClN3O2.ClH/c1-11-6-7-19-9-15(11)20-17(23)12-8-16(22)21(10-12)14-4-2-13(18)3-5-14;/h2-5,11-12,15,19H,6-10H2,1H3,(H,20,23);1H. The Kier molecular flexibility index (Phi) is 6.49. The lowest BCUT2D eigenvalue weighted by Gasteiger charge is -2.31. The molecule has 1 aromatic carbocycles. The molecule has 2 saturated heterocycles. The van der Waals surface area contributed by atoms with Crippen LogP contribution in [0.4, 0.5) is 5.69 Å². The predicted octanol–water partition coefficient (Wildman–Crippen LogP) is 2.23. The summed E-state index contributed by atoms with van der Waals surface area (Å²) in [5, 5.41) is 7.05. The Morgan fingerprint density at radius 1 is 1.33 bits per heavy atom. The molecule has 24 heavy (non-hydrogen) atoms. The summed E-state index contributed by atoms with van der Waals surface area (Å²) >= 11 is 5.88. The first-order valence-electron chi connectivity index (χ1n) is 8.11. The first-order chi connectivity index (χ1) is 11.0. The molecule has 2 aliphatic rings. The highest BCUT2D eigenvalue weighted by Gasteiger charge is 2.36. The molecule has 7 heteroatoms. The molecule has 0 spiro atoms. The van der Waals surface area contributed by atoms with Gasteiger partial charge in [0, 0.05) is 36.3 Å². The Bertz CT molecular complexity index is 594. The number of rotatable bonds is 3. The van der Waals surface area contributed by atoms with Gasteiger partial charge in [-0.3, -0.25) is 9.59 Å². The van der Waals surface area contributed by atoms with Crippen LogP contribution in [0.3, 0.4) is 0 Å². The third-order valence-electron chi connectivity index (χ3n) is 4.79. The van der Waals surface area contributed by atoms with Crippen LogP contribution < -0.4 is 15.5 Å². The van der Waals surface area contributed by atoms with Crippen molar-refractivity contribution in [2.45, 2.75) is 25.8 Å². The Balaban J connectivity index is 0.00000208. The first-order valence-corrected chi connectivity index (χ1v) is 8.49. The summed E-state index contributed by atoms with van der Waals surface area (Å²) in [4.78, 5) is 26.4. The molecule has 2 amide bonds. The third-order valence-corrected chi connectivity index (χ3v) is 5.04. The first kappa shape index (κ1) is 19.0. The van der Waals surface area contributed by atoms with Gasteiger partial charge < -0.3 is 15.5 Å². The third kappa shape index (κ3) is 4.21. The zero-order valence-electron chi connectivity index (χ0n) is 13.6. The average molecular weight is 372 g/mol. The molecule has 1 aromatic rings. The second-order valence-corrected chi connectivity index (χ2v) is 6.90. The quantitative estimate of drug-likeness (QED) is 0.856. The highest BCUT2D eigenvalue weighted by molar-refractivity contribution is 6.30. The van der Waals surface area contributed by atoms with E-state index in [2.05, 4.69) is 17.6 Å². The van der Waals surface area contributed by atoms with E-state index in [-0.39, 0.29) is 42.6 Å². The van der Waals surface area contributed by atoms with E-state index in [4.69, 9.17) is 11.6 Å². The maximum Gasteiger partial charge on any atom is 0.227 e. The molecule has 0 saturated carbocycles. The van der Waals surface area contributed by atoms with Crippen LogP contribution in [0.1, 0.15) is 19.8 Å². The van der Waals surface area contributed by atoms with E-state index in [0.29, 0.717) is 17.5 Å². The zero-order chi connectivity index (χ0) is 16.4. The molecule has 0 radical (unpaired) electrons. The number of anilines is 1. The van der Waals surface area contributed by atoms with Crippen molar-refractivity contribution < 1.29 is 9.59 Å². The molecule has 3 unspecified atom stereocenters. The molecule has 3 atom stereocenters. The van der Waals surface area contributed by atoms with Gasteiger partial charge in [-0.15, -0.1) is 12.4 Å². The second kappa shape index (κ2) is 8.19. The van der Waals surface area contributed by atoms with Gasteiger partial charge in [-0.05, 0) is 43.1 Å². The molecule has 2 heterocycles. The summed E-state index contributed by atoms with van der Waals surface area (Å²) in [6.45, 7) is 4.39. The number of hydrogen-bond donors (Lipinski definition) is 2. The van der Waals surface area contributed by atoms with Gasteiger partial charge in [0.1, 0.15) is 0 Å². The van der Waals surface area contributed by atoms with E-state index in [1.165, 1.54) is 0 Å². The predicted molar refractivity (Wildman–Crippen MR) is 97.7 cm³/mol. The van der Waals surface area contributed by atoms with E-state index in [0.717, 1.165) is 25.2 Å². The molecule has 0 aromatic heterocycles. The van der Waals surface area contributed by atoms with Crippen molar-refractivity contribution in [3.8, 4) is 0 Å². The fourth-order valence-electron chi connectivity index (χ4n) is 3.24. The highest BCUT2D eigenvalue weighted by atomic mass is 35.5. The number of nitrogens with zero attached hydrogens (tertiary/aromatic N) is 1. The molecule has 2 N–H and O–H groups in total. The molecule has 2 aliphatic heterocycles. The number of hydrogen-bond acceptors (Lipinski definition) is 3. The van der Waals surface area contributed by atoms with E-state index in [9.17, 15) is 9.59 Å². The summed E-state index contributed by atoms with van der Waals surface area (Å²) in [5.74, 6) is 0.148. The summed E-state index contributed by atoms with van der Waals surface area (Å²) < 4.78 is 0. The van der Waals surface area contributed by atoms with Crippen LogP contribution in [-0.4, -0.2) is 37.5 Å². The van der Waals surface area contributed by atoms with Gasteiger partial charge in [-0.1, -0.05) is 18.5 Å². The van der Waals surface area contributed by atoms with Crippen LogP contribution in [0.2, 0.25) is 5.02 Å². The number of piperidine rings is 1. The van der Waals surface area contributed by atoms with Crippen LogP contribution >= 0.6 is 24.0 Å². The molecular formula is C17H23Cl2N3O2. The fourth-order valence-corrected chi connectivity index (χ4v) is 3.36. The smallest absolute Gasteiger partial charge is 0.227 e. The van der Waals surface area contributed by atoms with Crippen LogP contribution in [0.15, 0.2) is 24.3 Å². The molecular weight excluding hydrogens is 349 g/mol.